The van der Waals surface area contributed by atoms with Crippen molar-refractivity contribution in [3.8, 4) is 11.8 Å². The van der Waals surface area contributed by atoms with Gasteiger partial charge in [-0.3, -0.25) is 4.79 Å². The molecule has 0 spiro atoms. The van der Waals surface area contributed by atoms with E-state index in [0.29, 0.717) is 11.3 Å². The summed E-state index contributed by atoms with van der Waals surface area (Å²) in [5.74, 6) is 0.160. The molecule has 122 valence electrons. The van der Waals surface area contributed by atoms with Crippen LogP contribution in [0.5, 0.6) is 5.75 Å². The van der Waals surface area contributed by atoms with E-state index in [1.165, 1.54) is 0 Å². The number of fused-ring (bicyclic) bond motifs is 1. The van der Waals surface area contributed by atoms with Crippen molar-refractivity contribution in [2.45, 2.75) is 0 Å². The van der Waals surface area contributed by atoms with Crippen LogP contribution >= 0.6 is 0 Å². The molecule has 0 radical (unpaired) electrons. The van der Waals surface area contributed by atoms with Gasteiger partial charge < -0.3 is 4.74 Å². The molecule has 25 heavy (non-hydrogen) atoms. The molecule has 0 bridgehead atoms. The summed E-state index contributed by atoms with van der Waals surface area (Å²) in [6, 6.07) is 22.4. The molecule has 0 fully saturated rings. The summed E-state index contributed by atoms with van der Waals surface area (Å²) < 4.78 is 5.34. The molecule has 3 aromatic rings. The highest BCUT2D eigenvalue weighted by Crippen LogP contribution is 2.16. The molecule has 3 aromatic carbocycles. The fourth-order valence-electron chi connectivity index (χ4n) is 2.34. The van der Waals surface area contributed by atoms with E-state index >= 15 is 0 Å². The monoisotopic (exact) mass is 329 g/mol. The maximum Gasteiger partial charge on any atom is 0.277 e. The molecule has 1 N–H and O–H groups in total. The first kappa shape index (κ1) is 16.2. The predicted octanol–water partition coefficient (Wildman–Crippen LogP) is 3.24. The van der Waals surface area contributed by atoms with Crippen molar-refractivity contribution in [3.63, 3.8) is 0 Å². The minimum absolute atomic E-state index is 0.154. The first-order valence-corrected chi connectivity index (χ1v) is 7.69. The number of ether oxygens (including phenoxy) is 1. The van der Waals surface area contributed by atoms with E-state index < -0.39 is 0 Å². The first-order valence-electron chi connectivity index (χ1n) is 7.69. The average Bonchev–Trinajstić information content (AvgIpc) is 2.67. The van der Waals surface area contributed by atoms with Crippen molar-refractivity contribution in [1.82, 2.24) is 5.43 Å². The van der Waals surface area contributed by atoms with Crippen LogP contribution in [0, 0.1) is 11.3 Å². The van der Waals surface area contributed by atoms with Gasteiger partial charge in [-0.1, -0.05) is 42.5 Å². The first-order chi connectivity index (χ1) is 12.3. The summed E-state index contributed by atoms with van der Waals surface area (Å²) in [6.07, 6.45) is 1.61. The lowest BCUT2D eigenvalue weighted by molar-refractivity contribution is -0.123. The third-order valence-corrected chi connectivity index (χ3v) is 3.57. The average molecular weight is 329 g/mol. The number of nitrogens with one attached hydrogen (secondary N) is 1. The highest BCUT2D eigenvalue weighted by Gasteiger charge is 2.02. The number of rotatable bonds is 5. The summed E-state index contributed by atoms with van der Waals surface area (Å²) in [4.78, 5) is 11.8. The van der Waals surface area contributed by atoms with Gasteiger partial charge in [-0.05, 0) is 35.0 Å². The molecule has 0 atom stereocenters. The number of nitrogens with zero attached hydrogens (tertiary/aromatic N) is 2. The van der Waals surface area contributed by atoms with Crippen molar-refractivity contribution in [3.05, 3.63) is 77.9 Å². The Morgan fingerprint density at radius 3 is 2.64 bits per heavy atom. The van der Waals surface area contributed by atoms with E-state index in [4.69, 9.17) is 10.00 Å². The van der Waals surface area contributed by atoms with Gasteiger partial charge in [0.2, 0.25) is 0 Å². The molecule has 5 nitrogen and oxygen atoms in total. The van der Waals surface area contributed by atoms with Crippen LogP contribution in [0.4, 0.5) is 0 Å². The van der Waals surface area contributed by atoms with Gasteiger partial charge in [-0.25, -0.2) is 5.43 Å². The maximum atomic E-state index is 11.8. The van der Waals surface area contributed by atoms with Gasteiger partial charge in [0, 0.05) is 5.56 Å². The predicted molar refractivity (Wildman–Crippen MR) is 96.3 cm³/mol. The van der Waals surface area contributed by atoms with E-state index in [1.807, 2.05) is 48.5 Å². The molecule has 0 unspecified atom stereocenters. The van der Waals surface area contributed by atoms with E-state index in [1.54, 1.807) is 30.5 Å². The third kappa shape index (κ3) is 4.21. The minimum Gasteiger partial charge on any atom is -0.484 e. The SMILES string of the molecule is N#Cc1ccc(OCC(=O)N/N=C\c2cccc3ccccc23)cc1. The number of benzene rings is 3. The van der Waals surface area contributed by atoms with Crippen LogP contribution < -0.4 is 10.2 Å². The second kappa shape index (κ2) is 7.75. The van der Waals surface area contributed by atoms with Gasteiger partial charge in [-0.2, -0.15) is 10.4 Å². The molecule has 0 aliphatic carbocycles. The van der Waals surface area contributed by atoms with Crippen molar-refractivity contribution in [2.75, 3.05) is 6.61 Å². The van der Waals surface area contributed by atoms with Crippen LogP contribution in [0.3, 0.4) is 0 Å². The van der Waals surface area contributed by atoms with E-state index in [2.05, 4.69) is 10.5 Å². The Balaban J connectivity index is 1.56. The highest BCUT2D eigenvalue weighted by atomic mass is 16.5. The highest BCUT2D eigenvalue weighted by molar-refractivity contribution is 5.99. The summed E-state index contributed by atoms with van der Waals surface area (Å²) in [5.41, 5.74) is 3.90. The molecule has 0 heterocycles. The molecular formula is C20H15N3O2. The molecule has 0 saturated carbocycles. The zero-order valence-corrected chi connectivity index (χ0v) is 13.3. The second-order valence-electron chi connectivity index (χ2n) is 5.29. The Kier molecular flexibility index (Phi) is 5.03. The van der Waals surface area contributed by atoms with Crippen LogP contribution in [0.2, 0.25) is 0 Å². The van der Waals surface area contributed by atoms with Crippen molar-refractivity contribution < 1.29 is 9.53 Å². The smallest absolute Gasteiger partial charge is 0.277 e. The summed E-state index contributed by atoms with van der Waals surface area (Å²) >= 11 is 0. The van der Waals surface area contributed by atoms with Gasteiger partial charge in [0.1, 0.15) is 5.75 Å². The number of nitriles is 1. The fraction of sp³-hybridized carbons (Fsp3) is 0.0500. The van der Waals surface area contributed by atoms with E-state index in [-0.39, 0.29) is 12.5 Å². The Labute approximate surface area is 145 Å². The molecule has 0 aliphatic heterocycles. The Morgan fingerprint density at radius 2 is 1.84 bits per heavy atom. The maximum absolute atomic E-state index is 11.8. The van der Waals surface area contributed by atoms with Crippen molar-refractivity contribution >= 4 is 22.9 Å². The topological polar surface area (TPSA) is 74.5 Å². The zero-order chi connectivity index (χ0) is 17.5. The molecule has 1 amide bonds. The quantitative estimate of drug-likeness (QED) is 0.577. The lowest BCUT2D eigenvalue weighted by Gasteiger charge is -2.05. The summed E-state index contributed by atoms with van der Waals surface area (Å²) in [5, 5.41) is 14.9. The molecule has 3 rings (SSSR count). The van der Waals surface area contributed by atoms with Gasteiger partial charge in [0.05, 0.1) is 17.8 Å². The van der Waals surface area contributed by atoms with E-state index in [0.717, 1.165) is 16.3 Å². The number of amides is 1. The number of hydrogen-bond acceptors (Lipinski definition) is 4. The van der Waals surface area contributed by atoms with Gasteiger partial charge in [-0.15, -0.1) is 0 Å². The fourth-order valence-corrected chi connectivity index (χ4v) is 2.34. The number of hydrazone groups is 1. The van der Waals surface area contributed by atoms with Gasteiger partial charge in [0.25, 0.3) is 5.91 Å². The molecule has 0 aliphatic rings. The van der Waals surface area contributed by atoms with Crippen LogP contribution in [0.15, 0.2) is 71.8 Å². The number of carbonyl (C=O) groups is 1. The van der Waals surface area contributed by atoms with Crippen molar-refractivity contribution in [2.24, 2.45) is 5.10 Å². The van der Waals surface area contributed by atoms with Crippen LogP contribution in [0.1, 0.15) is 11.1 Å². The standard InChI is InChI=1S/C20H15N3O2/c21-12-15-8-10-18(11-9-15)25-14-20(24)23-22-13-17-6-3-5-16-4-1-2-7-19(16)17/h1-11,13H,14H2,(H,23,24)/b22-13-. The molecule has 0 saturated heterocycles. The van der Waals surface area contributed by atoms with Crippen molar-refractivity contribution in [1.29, 1.82) is 5.26 Å². The van der Waals surface area contributed by atoms with Gasteiger partial charge >= 0.3 is 0 Å². The second-order valence-corrected chi connectivity index (χ2v) is 5.29. The Bertz CT molecular complexity index is 951. The molecular weight excluding hydrogens is 314 g/mol. The largest absolute Gasteiger partial charge is 0.484 e. The van der Waals surface area contributed by atoms with E-state index in [9.17, 15) is 4.79 Å². The molecule has 5 heteroatoms. The summed E-state index contributed by atoms with van der Waals surface area (Å²) in [7, 11) is 0. The van der Waals surface area contributed by atoms with Crippen LogP contribution in [-0.2, 0) is 4.79 Å². The normalized spacial score (nSPS) is 10.5. The summed E-state index contributed by atoms with van der Waals surface area (Å²) in [6.45, 7) is -0.154. The Hall–Kier alpha value is -3.65. The minimum atomic E-state index is -0.360. The third-order valence-electron chi connectivity index (χ3n) is 3.57. The molecule has 0 aromatic heterocycles. The zero-order valence-electron chi connectivity index (χ0n) is 13.3. The number of hydrogen-bond donors (Lipinski definition) is 1. The van der Waals surface area contributed by atoms with Crippen LogP contribution in [-0.4, -0.2) is 18.7 Å². The lowest BCUT2D eigenvalue weighted by Crippen LogP contribution is -2.24. The number of carbonyl (C=O) groups excluding carboxylic acids is 1. The van der Waals surface area contributed by atoms with Gasteiger partial charge in [0.15, 0.2) is 6.61 Å². The van der Waals surface area contributed by atoms with Crippen LogP contribution in [0.25, 0.3) is 10.8 Å². The Morgan fingerprint density at radius 1 is 1.08 bits per heavy atom. The lowest BCUT2D eigenvalue weighted by atomic mass is 10.1.